The minimum Gasteiger partial charge on any atom is -0.297 e. The molecule has 5 heteroatoms. The maximum atomic E-state index is 11.4. The third kappa shape index (κ3) is 3.83. The zero-order valence-corrected chi connectivity index (χ0v) is 13.5. The Bertz CT molecular complexity index is 613. The monoisotopic (exact) mass is 308 g/mol. The van der Waals surface area contributed by atoms with Gasteiger partial charge in [-0.25, -0.2) is 8.42 Å². The Labute approximate surface area is 127 Å². The minimum atomic E-state index is -2.86. The van der Waals surface area contributed by atoms with Gasteiger partial charge in [0.25, 0.3) is 0 Å². The zero-order valence-electron chi connectivity index (χ0n) is 12.7. The second kappa shape index (κ2) is 6.05. The highest BCUT2D eigenvalue weighted by Gasteiger charge is 2.26. The molecule has 0 bridgehead atoms. The van der Waals surface area contributed by atoms with E-state index in [1.54, 1.807) is 0 Å². The van der Waals surface area contributed by atoms with Gasteiger partial charge < -0.3 is 0 Å². The first-order chi connectivity index (χ1) is 10.0. The number of aryl methyl sites for hydroxylation is 1. The molecule has 1 atom stereocenters. The molecule has 0 saturated carbocycles. The highest BCUT2D eigenvalue weighted by molar-refractivity contribution is 7.90. The van der Waals surface area contributed by atoms with Crippen LogP contribution in [0.4, 0.5) is 0 Å². The van der Waals surface area contributed by atoms with E-state index in [0.29, 0.717) is 11.7 Å². The molecule has 0 N–H and O–H groups in total. The fourth-order valence-corrected chi connectivity index (χ4v) is 4.83. The summed E-state index contributed by atoms with van der Waals surface area (Å²) >= 11 is 0. The molecule has 2 aliphatic rings. The molecule has 1 aromatic heterocycles. The maximum absolute atomic E-state index is 11.4. The summed E-state index contributed by atoms with van der Waals surface area (Å²) in [6.07, 6.45) is 9.15. The molecule has 0 aromatic carbocycles. The van der Waals surface area contributed by atoms with Gasteiger partial charge in [0.05, 0.1) is 11.4 Å². The highest BCUT2D eigenvalue weighted by atomic mass is 32.2. The third-order valence-corrected chi connectivity index (χ3v) is 5.72. The number of sulfone groups is 1. The van der Waals surface area contributed by atoms with E-state index in [4.69, 9.17) is 0 Å². The fraction of sp³-hybridized carbons (Fsp3) is 0.688. The molecule has 116 valence electrons. The number of likely N-dealkylation sites (tertiary alicyclic amines) is 1. The van der Waals surface area contributed by atoms with Crippen LogP contribution < -0.4 is 0 Å². The van der Waals surface area contributed by atoms with Crippen molar-refractivity contribution < 1.29 is 8.42 Å². The van der Waals surface area contributed by atoms with Crippen LogP contribution in [0.2, 0.25) is 0 Å². The largest absolute Gasteiger partial charge is 0.297 e. The molecule has 1 saturated heterocycles. The molecule has 21 heavy (non-hydrogen) atoms. The highest BCUT2D eigenvalue weighted by Crippen LogP contribution is 2.26. The Morgan fingerprint density at radius 3 is 2.95 bits per heavy atom. The summed E-state index contributed by atoms with van der Waals surface area (Å²) < 4.78 is 22.8. The molecule has 1 unspecified atom stereocenters. The number of fused-ring (bicyclic) bond motifs is 1. The van der Waals surface area contributed by atoms with Crippen LogP contribution >= 0.6 is 0 Å². The van der Waals surface area contributed by atoms with Crippen LogP contribution in [0.25, 0.3) is 0 Å². The summed E-state index contributed by atoms with van der Waals surface area (Å²) in [4.78, 5) is 6.96. The molecular formula is C16H24N2O2S. The van der Waals surface area contributed by atoms with Crippen LogP contribution in [0.3, 0.4) is 0 Å². The van der Waals surface area contributed by atoms with Crippen molar-refractivity contribution in [3.63, 3.8) is 0 Å². The molecule has 1 aliphatic heterocycles. The summed E-state index contributed by atoms with van der Waals surface area (Å²) in [5.41, 5.74) is 4.14. The molecule has 1 aliphatic carbocycles. The molecular weight excluding hydrogens is 284 g/mol. The number of pyridine rings is 1. The van der Waals surface area contributed by atoms with E-state index >= 15 is 0 Å². The maximum Gasteiger partial charge on any atom is 0.147 e. The van der Waals surface area contributed by atoms with Crippen LogP contribution in [-0.4, -0.2) is 43.4 Å². The minimum absolute atomic E-state index is 0.291. The van der Waals surface area contributed by atoms with Gasteiger partial charge in [0.15, 0.2) is 0 Å². The second-order valence-electron chi connectivity index (χ2n) is 6.58. The first-order valence-corrected chi connectivity index (χ1v) is 9.93. The lowest BCUT2D eigenvalue weighted by Gasteiger charge is -2.22. The third-order valence-electron chi connectivity index (χ3n) is 4.65. The summed E-state index contributed by atoms with van der Waals surface area (Å²) in [7, 11) is -2.86. The van der Waals surface area contributed by atoms with Gasteiger partial charge in [0.2, 0.25) is 0 Å². The van der Waals surface area contributed by atoms with E-state index in [2.05, 4.69) is 16.0 Å². The van der Waals surface area contributed by atoms with Gasteiger partial charge >= 0.3 is 0 Å². The van der Waals surface area contributed by atoms with Crippen molar-refractivity contribution >= 4 is 9.84 Å². The van der Waals surface area contributed by atoms with Crippen molar-refractivity contribution in [1.82, 2.24) is 9.88 Å². The van der Waals surface area contributed by atoms with Crippen LogP contribution in [0.5, 0.6) is 0 Å². The molecule has 4 nitrogen and oxygen atoms in total. The average Bonchev–Trinajstić information content (AvgIpc) is 2.84. The smallest absolute Gasteiger partial charge is 0.147 e. The summed E-state index contributed by atoms with van der Waals surface area (Å²) in [5, 5.41) is 0. The topological polar surface area (TPSA) is 50.3 Å². The van der Waals surface area contributed by atoms with E-state index in [1.807, 2.05) is 6.20 Å². The van der Waals surface area contributed by atoms with Gasteiger partial charge in [0.1, 0.15) is 9.84 Å². The number of rotatable bonds is 4. The second-order valence-corrected chi connectivity index (χ2v) is 8.77. The molecule has 1 aromatic rings. The first kappa shape index (κ1) is 15.0. The standard InChI is InChI=1S/C16H24N2O2S/c1-21(19,20)12-13-7-9-18(10-13)11-16-15-5-3-2-4-14(15)6-8-17-16/h6,8,13H,2-5,7,9-12H2,1H3. The van der Waals surface area contributed by atoms with E-state index in [-0.39, 0.29) is 0 Å². The number of hydrogen-bond acceptors (Lipinski definition) is 4. The fourth-order valence-electron chi connectivity index (χ4n) is 3.71. The van der Waals surface area contributed by atoms with Crippen molar-refractivity contribution in [1.29, 1.82) is 0 Å². The summed E-state index contributed by atoms with van der Waals surface area (Å²) in [6.45, 7) is 2.76. The Kier molecular flexibility index (Phi) is 4.31. The van der Waals surface area contributed by atoms with Gasteiger partial charge in [-0.3, -0.25) is 9.88 Å². The number of nitrogens with zero attached hydrogens (tertiary/aromatic N) is 2. The first-order valence-electron chi connectivity index (χ1n) is 7.87. The lowest BCUT2D eigenvalue weighted by atomic mass is 9.91. The molecule has 0 radical (unpaired) electrons. The van der Waals surface area contributed by atoms with Crippen molar-refractivity contribution in [3.8, 4) is 0 Å². The van der Waals surface area contributed by atoms with Gasteiger partial charge in [-0.2, -0.15) is 0 Å². The Balaban J connectivity index is 1.66. The number of aromatic nitrogens is 1. The Hall–Kier alpha value is -0.940. The predicted octanol–water partition coefficient (Wildman–Crippen LogP) is 1.83. The molecule has 0 amide bonds. The molecule has 3 rings (SSSR count). The van der Waals surface area contributed by atoms with E-state index in [9.17, 15) is 8.42 Å². The van der Waals surface area contributed by atoms with E-state index in [1.165, 1.54) is 42.3 Å². The van der Waals surface area contributed by atoms with Crippen LogP contribution in [-0.2, 0) is 29.2 Å². The normalized spacial score (nSPS) is 23.2. The van der Waals surface area contributed by atoms with Crippen molar-refractivity contribution in [2.45, 2.75) is 38.6 Å². The van der Waals surface area contributed by atoms with Crippen LogP contribution in [0, 0.1) is 5.92 Å². The van der Waals surface area contributed by atoms with Crippen molar-refractivity contribution in [2.24, 2.45) is 5.92 Å². The lowest BCUT2D eigenvalue weighted by Crippen LogP contribution is -2.24. The van der Waals surface area contributed by atoms with Gasteiger partial charge in [0, 0.05) is 25.5 Å². The Morgan fingerprint density at radius 1 is 1.33 bits per heavy atom. The van der Waals surface area contributed by atoms with Crippen molar-refractivity contribution in [3.05, 3.63) is 29.1 Å². The van der Waals surface area contributed by atoms with Crippen molar-refractivity contribution in [2.75, 3.05) is 25.1 Å². The predicted molar refractivity (Wildman–Crippen MR) is 84.0 cm³/mol. The van der Waals surface area contributed by atoms with Gasteiger partial charge in [-0.1, -0.05) is 0 Å². The number of hydrogen-bond donors (Lipinski definition) is 0. The SMILES string of the molecule is CS(=O)(=O)CC1CCN(Cc2nccc3c2CCCC3)C1. The zero-order chi connectivity index (χ0) is 14.9. The summed E-state index contributed by atoms with van der Waals surface area (Å²) in [6, 6.07) is 2.16. The Morgan fingerprint density at radius 2 is 2.14 bits per heavy atom. The molecule has 1 fully saturated rings. The van der Waals surface area contributed by atoms with Crippen LogP contribution in [0.15, 0.2) is 12.3 Å². The van der Waals surface area contributed by atoms with E-state index < -0.39 is 9.84 Å². The quantitative estimate of drug-likeness (QED) is 0.851. The van der Waals surface area contributed by atoms with E-state index in [0.717, 1.165) is 32.5 Å². The van der Waals surface area contributed by atoms with Crippen LogP contribution in [0.1, 0.15) is 36.1 Å². The lowest BCUT2D eigenvalue weighted by molar-refractivity contribution is 0.315. The molecule has 2 heterocycles. The van der Waals surface area contributed by atoms with Gasteiger partial charge in [-0.15, -0.1) is 0 Å². The summed E-state index contributed by atoms with van der Waals surface area (Å²) in [5.74, 6) is 0.614. The van der Waals surface area contributed by atoms with Gasteiger partial charge in [-0.05, 0) is 61.8 Å². The average molecular weight is 308 g/mol. The molecule has 0 spiro atoms.